The number of hydrogen-bond acceptors (Lipinski definition) is 1. The van der Waals surface area contributed by atoms with Crippen molar-refractivity contribution in [2.75, 3.05) is 0 Å². The first-order valence-corrected chi connectivity index (χ1v) is 5.78. The fourth-order valence-corrected chi connectivity index (χ4v) is 2.08. The van der Waals surface area contributed by atoms with Gasteiger partial charge in [-0.15, -0.1) is 0 Å². The van der Waals surface area contributed by atoms with E-state index < -0.39 is 0 Å². The maximum absolute atomic E-state index is 13.1. The Labute approximate surface area is 93.9 Å². The number of nitrogens with one attached hydrogen (secondary N) is 1. The van der Waals surface area contributed by atoms with E-state index in [4.69, 9.17) is 0 Å². The van der Waals surface area contributed by atoms with Gasteiger partial charge in [-0.25, -0.2) is 4.39 Å². The molecule has 0 radical (unpaired) electrons. The van der Waals surface area contributed by atoms with Crippen LogP contribution < -0.4 is 5.32 Å². The standard InChI is InChI=1S/C13H14FNO/c14-11-3-1-2-10(8-11)13(6-7-13)15-12(16)9-4-5-9/h1-3,8-9H,4-7H2,(H,15,16). The van der Waals surface area contributed by atoms with Gasteiger partial charge in [0.25, 0.3) is 0 Å². The summed E-state index contributed by atoms with van der Waals surface area (Å²) in [4.78, 5) is 11.7. The van der Waals surface area contributed by atoms with Crippen LogP contribution in [0.2, 0.25) is 0 Å². The van der Waals surface area contributed by atoms with Gasteiger partial charge in [0.1, 0.15) is 5.82 Å². The molecule has 3 heteroatoms. The molecule has 1 aromatic carbocycles. The Balaban J connectivity index is 1.79. The van der Waals surface area contributed by atoms with E-state index in [0.29, 0.717) is 0 Å². The topological polar surface area (TPSA) is 29.1 Å². The van der Waals surface area contributed by atoms with Crippen molar-refractivity contribution in [1.82, 2.24) is 5.32 Å². The normalized spacial score (nSPS) is 21.6. The zero-order valence-electron chi connectivity index (χ0n) is 9.00. The van der Waals surface area contributed by atoms with Crippen LogP contribution in [-0.2, 0) is 10.3 Å². The molecule has 2 fully saturated rings. The molecule has 0 bridgehead atoms. The second kappa shape index (κ2) is 3.30. The van der Waals surface area contributed by atoms with Crippen LogP contribution in [0.5, 0.6) is 0 Å². The summed E-state index contributed by atoms with van der Waals surface area (Å²) in [6, 6.07) is 6.56. The van der Waals surface area contributed by atoms with Crippen LogP contribution in [-0.4, -0.2) is 5.91 Å². The lowest BCUT2D eigenvalue weighted by molar-refractivity contribution is -0.123. The summed E-state index contributed by atoms with van der Waals surface area (Å²) < 4.78 is 13.1. The highest BCUT2D eigenvalue weighted by molar-refractivity contribution is 5.82. The number of benzene rings is 1. The molecule has 0 aliphatic heterocycles. The number of amides is 1. The monoisotopic (exact) mass is 219 g/mol. The van der Waals surface area contributed by atoms with Gasteiger partial charge in [-0.05, 0) is 43.4 Å². The molecule has 0 heterocycles. The van der Waals surface area contributed by atoms with Gasteiger partial charge in [0.05, 0.1) is 5.54 Å². The zero-order chi connectivity index (χ0) is 11.2. The minimum atomic E-state index is -0.262. The van der Waals surface area contributed by atoms with Crippen molar-refractivity contribution in [3.05, 3.63) is 35.6 Å². The molecule has 0 aromatic heterocycles. The molecule has 2 nitrogen and oxygen atoms in total. The van der Waals surface area contributed by atoms with Gasteiger partial charge < -0.3 is 5.32 Å². The van der Waals surface area contributed by atoms with Crippen LogP contribution in [0.15, 0.2) is 24.3 Å². The van der Waals surface area contributed by atoms with Crippen LogP contribution in [0, 0.1) is 11.7 Å². The second-order valence-corrected chi connectivity index (χ2v) is 4.86. The van der Waals surface area contributed by atoms with Gasteiger partial charge in [-0.2, -0.15) is 0 Å². The number of hydrogen-bond donors (Lipinski definition) is 1. The first-order chi connectivity index (χ1) is 7.70. The molecular formula is C13H14FNO. The van der Waals surface area contributed by atoms with Crippen molar-refractivity contribution in [2.45, 2.75) is 31.2 Å². The minimum Gasteiger partial charge on any atom is -0.346 e. The number of halogens is 1. The largest absolute Gasteiger partial charge is 0.346 e. The molecule has 84 valence electrons. The predicted molar refractivity (Wildman–Crippen MR) is 58.2 cm³/mol. The van der Waals surface area contributed by atoms with Crippen molar-refractivity contribution in [3.8, 4) is 0 Å². The van der Waals surface area contributed by atoms with E-state index in [1.165, 1.54) is 12.1 Å². The van der Waals surface area contributed by atoms with Gasteiger partial charge in [0, 0.05) is 5.92 Å². The molecule has 0 saturated heterocycles. The third kappa shape index (κ3) is 1.70. The third-order valence-corrected chi connectivity index (χ3v) is 3.44. The van der Waals surface area contributed by atoms with Gasteiger partial charge in [0.2, 0.25) is 5.91 Å². The summed E-state index contributed by atoms with van der Waals surface area (Å²) >= 11 is 0. The Morgan fingerprint density at radius 2 is 2.12 bits per heavy atom. The molecular weight excluding hydrogens is 205 g/mol. The second-order valence-electron chi connectivity index (χ2n) is 4.86. The van der Waals surface area contributed by atoms with Gasteiger partial charge in [0.15, 0.2) is 0 Å². The Kier molecular flexibility index (Phi) is 2.03. The van der Waals surface area contributed by atoms with E-state index in [-0.39, 0.29) is 23.2 Å². The number of carbonyl (C=O) groups is 1. The van der Waals surface area contributed by atoms with Gasteiger partial charge in [-0.1, -0.05) is 12.1 Å². The Hall–Kier alpha value is -1.38. The summed E-state index contributed by atoms with van der Waals surface area (Å²) in [5.74, 6) is 0.122. The molecule has 1 aromatic rings. The highest BCUT2D eigenvalue weighted by Crippen LogP contribution is 2.46. The fourth-order valence-electron chi connectivity index (χ4n) is 2.08. The molecule has 2 saturated carbocycles. The van der Waals surface area contributed by atoms with Crippen molar-refractivity contribution < 1.29 is 9.18 Å². The van der Waals surface area contributed by atoms with Crippen molar-refractivity contribution >= 4 is 5.91 Å². The predicted octanol–water partition coefficient (Wildman–Crippen LogP) is 2.34. The van der Waals surface area contributed by atoms with Crippen molar-refractivity contribution in [3.63, 3.8) is 0 Å². The lowest BCUT2D eigenvalue weighted by atomic mass is 10.0. The summed E-state index contributed by atoms with van der Waals surface area (Å²) in [5, 5.41) is 3.07. The SMILES string of the molecule is O=C(NC1(c2cccc(F)c2)CC1)C1CC1. The fraction of sp³-hybridized carbons (Fsp3) is 0.462. The Bertz CT molecular complexity index is 435. The smallest absolute Gasteiger partial charge is 0.223 e. The summed E-state index contributed by atoms with van der Waals surface area (Å²) in [5.41, 5.74) is 0.642. The molecule has 2 aliphatic rings. The average molecular weight is 219 g/mol. The zero-order valence-corrected chi connectivity index (χ0v) is 9.00. The maximum atomic E-state index is 13.1. The number of carbonyl (C=O) groups excluding carboxylic acids is 1. The van der Waals surface area contributed by atoms with E-state index in [2.05, 4.69) is 5.32 Å². The summed E-state index contributed by atoms with van der Waals surface area (Å²) in [6.07, 6.45) is 3.86. The highest BCUT2D eigenvalue weighted by Gasteiger charge is 2.47. The molecule has 2 aliphatic carbocycles. The first kappa shape index (κ1) is 9.82. The quantitative estimate of drug-likeness (QED) is 0.830. The Morgan fingerprint density at radius 3 is 2.69 bits per heavy atom. The minimum absolute atomic E-state index is 0.141. The van der Waals surface area contributed by atoms with Gasteiger partial charge >= 0.3 is 0 Å². The highest BCUT2D eigenvalue weighted by atomic mass is 19.1. The van der Waals surface area contributed by atoms with E-state index in [1.807, 2.05) is 6.07 Å². The van der Waals surface area contributed by atoms with E-state index in [0.717, 1.165) is 31.2 Å². The summed E-state index contributed by atoms with van der Waals surface area (Å²) in [7, 11) is 0. The lowest BCUT2D eigenvalue weighted by Crippen LogP contribution is -2.35. The Morgan fingerprint density at radius 1 is 1.38 bits per heavy atom. The average Bonchev–Trinajstić information content (AvgIpc) is 3.13. The third-order valence-electron chi connectivity index (χ3n) is 3.44. The van der Waals surface area contributed by atoms with Crippen LogP contribution in [0.25, 0.3) is 0 Å². The molecule has 16 heavy (non-hydrogen) atoms. The van der Waals surface area contributed by atoms with E-state index in [1.54, 1.807) is 6.07 Å². The van der Waals surface area contributed by atoms with Crippen molar-refractivity contribution in [1.29, 1.82) is 0 Å². The molecule has 0 spiro atoms. The van der Waals surface area contributed by atoms with E-state index >= 15 is 0 Å². The molecule has 1 amide bonds. The molecule has 1 N–H and O–H groups in total. The van der Waals surface area contributed by atoms with Gasteiger partial charge in [-0.3, -0.25) is 4.79 Å². The first-order valence-electron chi connectivity index (χ1n) is 5.78. The van der Waals surface area contributed by atoms with Crippen molar-refractivity contribution in [2.24, 2.45) is 5.92 Å². The molecule has 0 unspecified atom stereocenters. The lowest BCUT2D eigenvalue weighted by Gasteiger charge is -2.17. The summed E-state index contributed by atoms with van der Waals surface area (Å²) in [6.45, 7) is 0. The van der Waals surface area contributed by atoms with E-state index in [9.17, 15) is 9.18 Å². The van der Waals surface area contributed by atoms with Crippen LogP contribution in [0.1, 0.15) is 31.2 Å². The maximum Gasteiger partial charge on any atom is 0.223 e. The van der Waals surface area contributed by atoms with Crippen LogP contribution in [0.4, 0.5) is 4.39 Å². The van der Waals surface area contributed by atoms with Crippen LogP contribution in [0.3, 0.4) is 0 Å². The molecule has 0 atom stereocenters. The molecule has 3 rings (SSSR count). The van der Waals surface area contributed by atoms with Crippen LogP contribution >= 0.6 is 0 Å². The number of rotatable bonds is 3.